The summed E-state index contributed by atoms with van der Waals surface area (Å²) in [7, 11) is 0. The van der Waals surface area contributed by atoms with Crippen LogP contribution in [0.25, 0.3) is 0 Å². The van der Waals surface area contributed by atoms with Crippen LogP contribution in [0, 0.1) is 0 Å². The fraction of sp³-hybridized carbons (Fsp3) is 0.353. The van der Waals surface area contributed by atoms with Gasteiger partial charge in [0.1, 0.15) is 5.69 Å². The molecule has 0 saturated carbocycles. The second kappa shape index (κ2) is 5.28. The number of aryl methyl sites for hydroxylation is 2. The molecule has 0 radical (unpaired) electrons. The third kappa shape index (κ3) is 2.42. The summed E-state index contributed by atoms with van der Waals surface area (Å²) < 4.78 is 0. The Morgan fingerprint density at radius 1 is 0.952 bits per heavy atom. The fourth-order valence-electron chi connectivity index (χ4n) is 3.37. The Kier molecular flexibility index (Phi) is 3.14. The molecule has 0 fully saturated rings. The van der Waals surface area contributed by atoms with Crippen LogP contribution in [0.3, 0.4) is 0 Å². The molecule has 2 aromatic rings. The SMILES string of the molecule is c1cncc(/N=N/c2cc3c4c(c2)CCCN4CCC3)c1. The minimum Gasteiger partial charge on any atom is -0.371 e. The summed E-state index contributed by atoms with van der Waals surface area (Å²) in [4.78, 5) is 6.60. The quantitative estimate of drug-likeness (QED) is 0.773. The Morgan fingerprint density at radius 2 is 1.67 bits per heavy atom. The van der Waals surface area contributed by atoms with Crippen molar-refractivity contribution in [1.82, 2.24) is 4.98 Å². The van der Waals surface area contributed by atoms with Gasteiger partial charge in [-0.15, -0.1) is 5.11 Å². The summed E-state index contributed by atoms with van der Waals surface area (Å²) in [6.45, 7) is 2.41. The van der Waals surface area contributed by atoms with Crippen molar-refractivity contribution < 1.29 is 0 Å². The molecule has 0 N–H and O–H groups in total. The molecule has 3 heterocycles. The van der Waals surface area contributed by atoms with Crippen molar-refractivity contribution >= 4 is 17.1 Å². The molecule has 0 atom stereocenters. The Morgan fingerprint density at radius 3 is 2.33 bits per heavy atom. The van der Waals surface area contributed by atoms with Crippen LogP contribution < -0.4 is 4.90 Å². The first kappa shape index (κ1) is 12.5. The molecule has 2 aliphatic rings. The number of pyridine rings is 1. The first-order valence-electron chi connectivity index (χ1n) is 7.63. The number of aromatic nitrogens is 1. The molecule has 21 heavy (non-hydrogen) atoms. The van der Waals surface area contributed by atoms with E-state index < -0.39 is 0 Å². The summed E-state index contributed by atoms with van der Waals surface area (Å²) in [5.41, 5.74) is 6.13. The zero-order valence-corrected chi connectivity index (χ0v) is 12.0. The van der Waals surface area contributed by atoms with Crippen LogP contribution in [0.5, 0.6) is 0 Å². The second-order valence-electron chi connectivity index (χ2n) is 5.72. The van der Waals surface area contributed by atoms with Crippen LogP contribution in [-0.4, -0.2) is 18.1 Å². The van der Waals surface area contributed by atoms with E-state index in [1.165, 1.54) is 42.7 Å². The summed E-state index contributed by atoms with van der Waals surface area (Å²) in [5.74, 6) is 0. The zero-order chi connectivity index (χ0) is 14.1. The molecule has 106 valence electrons. The highest BCUT2D eigenvalue weighted by atomic mass is 15.1. The zero-order valence-electron chi connectivity index (χ0n) is 12.0. The van der Waals surface area contributed by atoms with Crippen LogP contribution >= 0.6 is 0 Å². The second-order valence-corrected chi connectivity index (χ2v) is 5.72. The molecule has 4 rings (SSSR count). The highest BCUT2D eigenvalue weighted by Gasteiger charge is 2.24. The van der Waals surface area contributed by atoms with Crippen LogP contribution in [0.15, 0.2) is 46.9 Å². The van der Waals surface area contributed by atoms with Gasteiger partial charge in [0, 0.05) is 25.0 Å². The van der Waals surface area contributed by atoms with Crippen molar-refractivity contribution in [3.05, 3.63) is 47.8 Å². The number of nitrogens with zero attached hydrogens (tertiary/aromatic N) is 4. The molecule has 4 nitrogen and oxygen atoms in total. The standard InChI is InChI=1S/C17H18N4/c1-6-15(12-18-7-1)19-20-16-10-13-4-2-8-21-9-3-5-14(11-16)17(13)21/h1,6-7,10-12H,2-5,8-9H2/b20-19+. The van der Waals surface area contributed by atoms with Gasteiger partial charge in [0.15, 0.2) is 0 Å². The largest absolute Gasteiger partial charge is 0.371 e. The average Bonchev–Trinajstić information content (AvgIpc) is 2.54. The molecule has 1 aromatic heterocycles. The summed E-state index contributed by atoms with van der Waals surface area (Å²) in [6.07, 6.45) is 8.29. The Labute approximate surface area is 124 Å². The predicted octanol–water partition coefficient (Wildman–Crippen LogP) is 4.20. The minimum atomic E-state index is 0.797. The maximum atomic E-state index is 4.41. The van der Waals surface area contributed by atoms with E-state index in [9.17, 15) is 0 Å². The van der Waals surface area contributed by atoms with Gasteiger partial charge in [0.25, 0.3) is 0 Å². The smallest absolute Gasteiger partial charge is 0.104 e. The van der Waals surface area contributed by atoms with Gasteiger partial charge in [-0.2, -0.15) is 5.11 Å². The van der Waals surface area contributed by atoms with Crippen molar-refractivity contribution in [3.63, 3.8) is 0 Å². The molecule has 0 unspecified atom stereocenters. The summed E-state index contributed by atoms with van der Waals surface area (Å²) in [6, 6.07) is 8.20. The lowest BCUT2D eigenvalue weighted by Crippen LogP contribution is -2.34. The van der Waals surface area contributed by atoms with E-state index in [1.807, 2.05) is 12.1 Å². The topological polar surface area (TPSA) is 40.9 Å². The van der Waals surface area contributed by atoms with Gasteiger partial charge in [-0.3, -0.25) is 4.98 Å². The van der Waals surface area contributed by atoms with Crippen molar-refractivity contribution in [2.45, 2.75) is 25.7 Å². The van der Waals surface area contributed by atoms with Crippen LogP contribution in [0.1, 0.15) is 24.0 Å². The van der Waals surface area contributed by atoms with E-state index in [0.29, 0.717) is 0 Å². The molecular weight excluding hydrogens is 260 g/mol. The summed E-state index contributed by atoms with van der Waals surface area (Å²) >= 11 is 0. The molecule has 2 aliphatic heterocycles. The highest BCUT2D eigenvalue weighted by Crippen LogP contribution is 2.38. The molecule has 1 aromatic carbocycles. The number of benzene rings is 1. The number of azo groups is 1. The van der Waals surface area contributed by atoms with Gasteiger partial charge in [-0.05, 0) is 61.1 Å². The highest BCUT2D eigenvalue weighted by molar-refractivity contribution is 5.67. The van der Waals surface area contributed by atoms with Gasteiger partial charge in [0.2, 0.25) is 0 Å². The molecule has 0 spiro atoms. The van der Waals surface area contributed by atoms with Crippen LogP contribution in [-0.2, 0) is 12.8 Å². The van der Waals surface area contributed by atoms with Gasteiger partial charge in [-0.25, -0.2) is 0 Å². The first-order valence-corrected chi connectivity index (χ1v) is 7.63. The predicted molar refractivity (Wildman–Crippen MR) is 83.7 cm³/mol. The maximum absolute atomic E-state index is 4.41. The molecule has 0 amide bonds. The van der Waals surface area contributed by atoms with E-state index in [1.54, 1.807) is 12.4 Å². The van der Waals surface area contributed by atoms with E-state index >= 15 is 0 Å². The number of hydrogen-bond donors (Lipinski definition) is 0. The average molecular weight is 278 g/mol. The third-order valence-electron chi connectivity index (χ3n) is 4.24. The van der Waals surface area contributed by atoms with Crippen LogP contribution in [0.4, 0.5) is 17.1 Å². The minimum absolute atomic E-state index is 0.797. The maximum Gasteiger partial charge on any atom is 0.104 e. The van der Waals surface area contributed by atoms with Gasteiger partial charge >= 0.3 is 0 Å². The van der Waals surface area contributed by atoms with Crippen molar-refractivity contribution in [2.75, 3.05) is 18.0 Å². The van der Waals surface area contributed by atoms with Crippen molar-refractivity contribution in [1.29, 1.82) is 0 Å². The Balaban J connectivity index is 1.70. The van der Waals surface area contributed by atoms with Gasteiger partial charge < -0.3 is 4.90 Å². The van der Waals surface area contributed by atoms with E-state index in [0.717, 1.165) is 24.2 Å². The molecular formula is C17H18N4. The first-order chi connectivity index (χ1) is 10.4. The lowest BCUT2D eigenvalue weighted by atomic mass is 9.91. The van der Waals surface area contributed by atoms with Gasteiger partial charge in [-0.1, -0.05) is 0 Å². The lowest BCUT2D eigenvalue weighted by Gasteiger charge is -2.36. The third-order valence-corrected chi connectivity index (χ3v) is 4.24. The summed E-state index contributed by atoms with van der Waals surface area (Å²) in [5, 5.41) is 8.70. The monoisotopic (exact) mass is 278 g/mol. The van der Waals surface area contributed by atoms with E-state index in [-0.39, 0.29) is 0 Å². The fourth-order valence-corrected chi connectivity index (χ4v) is 3.37. The van der Waals surface area contributed by atoms with Crippen molar-refractivity contribution in [3.8, 4) is 0 Å². The molecule has 0 saturated heterocycles. The number of rotatable bonds is 2. The van der Waals surface area contributed by atoms with E-state index in [2.05, 4.69) is 32.2 Å². The lowest BCUT2D eigenvalue weighted by molar-refractivity contribution is 0.634. The normalized spacial score (nSPS) is 17.0. The van der Waals surface area contributed by atoms with Crippen molar-refractivity contribution in [2.24, 2.45) is 10.2 Å². The molecule has 0 bridgehead atoms. The van der Waals surface area contributed by atoms with E-state index in [4.69, 9.17) is 0 Å². The van der Waals surface area contributed by atoms with Crippen LogP contribution in [0.2, 0.25) is 0 Å². The number of anilines is 1. The Bertz CT molecular complexity index is 647. The van der Waals surface area contributed by atoms with Gasteiger partial charge in [0.05, 0.1) is 11.9 Å². The molecule has 0 aliphatic carbocycles. The Hall–Kier alpha value is -2.23. The number of hydrogen-bond acceptors (Lipinski definition) is 4. The molecule has 4 heteroatoms.